The van der Waals surface area contributed by atoms with E-state index in [4.69, 9.17) is 14.2 Å². The summed E-state index contributed by atoms with van der Waals surface area (Å²) in [5.74, 6) is -1.47. The summed E-state index contributed by atoms with van der Waals surface area (Å²) in [6, 6.07) is -0.618. The number of carboxylic acid groups (broad SMARTS) is 1. The van der Waals surface area contributed by atoms with Crippen molar-refractivity contribution in [2.75, 3.05) is 41.0 Å². The van der Waals surface area contributed by atoms with Crippen molar-refractivity contribution in [3.05, 3.63) is 72.9 Å². The van der Waals surface area contributed by atoms with Gasteiger partial charge in [0.15, 0.2) is 12.1 Å². The normalized spacial score (nSPS) is 13.4. The maximum atomic E-state index is 12.8. The minimum atomic E-state index is -0.875. The van der Waals surface area contributed by atoms with E-state index < -0.39 is 18.1 Å². The van der Waals surface area contributed by atoms with Crippen LogP contribution in [0.1, 0.15) is 239 Å². The number of allylic oxidation sites excluding steroid dienone is 12. The van der Waals surface area contributed by atoms with Gasteiger partial charge in [0.25, 0.3) is 0 Å². The van der Waals surface area contributed by atoms with Crippen LogP contribution in [-0.2, 0) is 28.6 Å². The van der Waals surface area contributed by atoms with Gasteiger partial charge < -0.3 is 23.8 Å². The zero-order chi connectivity index (χ0) is 49.9. The third-order valence-corrected chi connectivity index (χ3v) is 12.4. The summed E-state index contributed by atoms with van der Waals surface area (Å²) in [5, 5.41) is 9.68. The Hall–Kier alpha value is -3.23. The van der Waals surface area contributed by atoms with Gasteiger partial charge in [0.2, 0.25) is 0 Å². The Morgan fingerprint density at radius 2 is 0.779 bits per heavy atom. The molecule has 8 heteroatoms. The highest BCUT2D eigenvalue weighted by atomic mass is 16.6. The molecule has 392 valence electrons. The van der Waals surface area contributed by atoms with Crippen molar-refractivity contribution in [3.8, 4) is 0 Å². The molecule has 1 N–H and O–H groups in total. The van der Waals surface area contributed by atoms with E-state index in [0.29, 0.717) is 19.3 Å². The first-order valence-electron chi connectivity index (χ1n) is 28.0. The Morgan fingerprint density at radius 1 is 0.441 bits per heavy atom. The molecule has 2 unspecified atom stereocenters. The number of carboxylic acids is 1. The van der Waals surface area contributed by atoms with Crippen LogP contribution in [0.15, 0.2) is 72.9 Å². The van der Waals surface area contributed by atoms with Crippen LogP contribution < -0.4 is 0 Å². The maximum absolute atomic E-state index is 12.8. The van der Waals surface area contributed by atoms with Gasteiger partial charge in [-0.2, -0.15) is 0 Å². The van der Waals surface area contributed by atoms with Crippen LogP contribution in [-0.4, -0.2) is 80.6 Å². The number of hydrogen-bond donors (Lipinski definition) is 1. The van der Waals surface area contributed by atoms with Crippen LogP contribution in [0.4, 0.5) is 0 Å². The lowest BCUT2D eigenvalue weighted by Crippen LogP contribution is -2.50. The van der Waals surface area contributed by atoms with E-state index in [9.17, 15) is 19.5 Å². The molecule has 0 aromatic heterocycles. The van der Waals surface area contributed by atoms with Crippen LogP contribution in [0.25, 0.3) is 0 Å². The molecule has 0 radical (unpaired) electrons. The lowest BCUT2D eigenvalue weighted by atomic mass is 10.0. The molecule has 0 saturated carbocycles. The smallest absolute Gasteiger partial charge is 0.362 e. The molecule has 0 aliphatic carbocycles. The SMILES string of the molecule is CC/C=C/C/C=C/C/C=C/C/C=C/CCCCCCCCCCCCC(=O)OCC(COCCC(C(=O)O)[N+](C)(C)C)OC(=O)CCCCCCCCCCCCCCCC/C=C/C/C=C/CC. The van der Waals surface area contributed by atoms with Gasteiger partial charge in [0.1, 0.15) is 6.61 Å². The second-order valence-electron chi connectivity index (χ2n) is 19.8. The van der Waals surface area contributed by atoms with E-state index in [-0.39, 0.29) is 36.2 Å². The Balaban J connectivity index is 4.18. The predicted molar refractivity (Wildman–Crippen MR) is 289 cm³/mol. The first-order valence-corrected chi connectivity index (χ1v) is 28.0. The largest absolute Gasteiger partial charge is 0.477 e. The van der Waals surface area contributed by atoms with Crippen molar-refractivity contribution in [1.29, 1.82) is 0 Å². The summed E-state index contributed by atoms with van der Waals surface area (Å²) in [7, 11) is 5.54. The van der Waals surface area contributed by atoms with E-state index in [1.54, 1.807) is 0 Å². The number of likely N-dealkylation sites (N-methyl/N-ethyl adjacent to an activating group) is 1. The highest BCUT2D eigenvalue weighted by Crippen LogP contribution is 2.16. The maximum Gasteiger partial charge on any atom is 0.362 e. The number of carbonyl (C=O) groups excluding carboxylic acids is 2. The Bertz CT molecular complexity index is 1340. The second kappa shape index (κ2) is 50.2. The monoisotopic (exact) mass is 953 g/mol. The summed E-state index contributed by atoms with van der Waals surface area (Å²) in [6.07, 6.45) is 65.3. The van der Waals surface area contributed by atoms with Crippen molar-refractivity contribution in [2.45, 2.75) is 251 Å². The number of esters is 2. The lowest BCUT2D eigenvalue weighted by molar-refractivity contribution is -0.887. The molecule has 0 bridgehead atoms. The standard InChI is InChI=1S/C60H105NO7/c1-6-8-10-12-14-16-18-20-22-24-26-28-29-31-32-34-36-38-40-42-44-46-48-50-58(62)67-55-56(54-66-53-52-57(60(64)65)61(3,4)5)68-59(63)51-49-47-45-43-41-39-37-35-33-30-27-25-23-21-19-17-15-13-11-9-7-2/h8-11,14-17,20,22,26,28,56-57H,6-7,12-13,18-19,21,23-25,27,29-55H2,1-5H3/p+1/b10-8+,11-9+,16-14+,17-15+,22-20+,28-26+. The van der Waals surface area contributed by atoms with Crippen LogP contribution in [0, 0.1) is 0 Å². The molecule has 0 aliphatic heterocycles. The number of quaternary nitrogens is 1. The van der Waals surface area contributed by atoms with Gasteiger partial charge in [0, 0.05) is 19.3 Å². The molecule has 0 fully saturated rings. The topological polar surface area (TPSA) is 99.1 Å². The number of carbonyl (C=O) groups is 3. The molecule has 0 amide bonds. The van der Waals surface area contributed by atoms with Crippen molar-refractivity contribution >= 4 is 17.9 Å². The first-order chi connectivity index (χ1) is 33.1. The predicted octanol–water partition coefficient (Wildman–Crippen LogP) is 16.6. The minimum Gasteiger partial charge on any atom is -0.477 e. The Morgan fingerprint density at radius 3 is 1.15 bits per heavy atom. The average Bonchev–Trinajstić information content (AvgIpc) is 3.30. The van der Waals surface area contributed by atoms with Gasteiger partial charge >= 0.3 is 17.9 Å². The lowest BCUT2D eigenvalue weighted by Gasteiger charge is -2.31. The molecular formula is C60H106NO7+. The van der Waals surface area contributed by atoms with Gasteiger partial charge in [-0.15, -0.1) is 0 Å². The Kier molecular flexibility index (Phi) is 47.8. The van der Waals surface area contributed by atoms with E-state index in [2.05, 4.69) is 86.8 Å². The fourth-order valence-electron chi connectivity index (χ4n) is 8.12. The summed E-state index contributed by atoms with van der Waals surface area (Å²) in [6.45, 7) is 4.55. The average molecular weight is 954 g/mol. The molecule has 2 atom stereocenters. The fraction of sp³-hybridized carbons (Fsp3) is 0.750. The quantitative estimate of drug-likeness (QED) is 0.0281. The van der Waals surface area contributed by atoms with Gasteiger partial charge in [-0.25, -0.2) is 4.79 Å². The van der Waals surface area contributed by atoms with Gasteiger partial charge in [0.05, 0.1) is 34.4 Å². The molecule has 0 heterocycles. The minimum absolute atomic E-state index is 0.0544. The van der Waals surface area contributed by atoms with E-state index >= 15 is 0 Å². The zero-order valence-corrected chi connectivity index (χ0v) is 44.8. The van der Waals surface area contributed by atoms with E-state index in [1.807, 2.05) is 21.1 Å². The van der Waals surface area contributed by atoms with Gasteiger partial charge in [-0.3, -0.25) is 9.59 Å². The number of rotatable bonds is 50. The summed E-state index contributed by atoms with van der Waals surface area (Å²) < 4.78 is 17.4. The highest BCUT2D eigenvalue weighted by Gasteiger charge is 2.31. The van der Waals surface area contributed by atoms with Gasteiger partial charge in [-0.1, -0.05) is 215 Å². The summed E-state index contributed by atoms with van der Waals surface area (Å²) >= 11 is 0. The van der Waals surface area contributed by atoms with Crippen LogP contribution >= 0.6 is 0 Å². The number of nitrogens with zero attached hydrogens (tertiary/aromatic N) is 1. The van der Waals surface area contributed by atoms with Crippen LogP contribution in [0.3, 0.4) is 0 Å². The van der Waals surface area contributed by atoms with E-state index in [0.717, 1.165) is 77.0 Å². The number of hydrogen-bond acceptors (Lipinski definition) is 6. The van der Waals surface area contributed by atoms with Crippen molar-refractivity contribution in [2.24, 2.45) is 0 Å². The molecule has 68 heavy (non-hydrogen) atoms. The van der Waals surface area contributed by atoms with Gasteiger partial charge in [-0.05, 0) is 77.0 Å². The molecule has 0 aliphatic rings. The Labute approximate surface area is 419 Å². The van der Waals surface area contributed by atoms with Crippen molar-refractivity contribution < 1.29 is 38.2 Å². The van der Waals surface area contributed by atoms with E-state index in [1.165, 1.54) is 128 Å². The highest BCUT2D eigenvalue weighted by molar-refractivity contribution is 5.72. The number of aliphatic carboxylic acids is 1. The van der Waals surface area contributed by atoms with Crippen molar-refractivity contribution in [1.82, 2.24) is 0 Å². The molecule has 0 aromatic rings. The van der Waals surface area contributed by atoms with Crippen LogP contribution in [0.2, 0.25) is 0 Å². The molecular weight excluding hydrogens is 847 g/mol. The summed E-state index contributed by atoms with van der Waals surface area (Å²) in [5.41, 5.74) is 0. The first kappa shape index (κ1) is 64.8. The molecule has 0 spiro atoms. The van der Waals surface area contributed by atoms with Crippen LogP contribution in [0.5, 0.6) is 0 Å². The molecule has 0 saturated heterocycles. The molecule has 0 rings (SSSR count). The van der Waals surface area contributed by atoms with Crippen molar-refractivity contribution in [3.63, 3.8) is 0 Å². The second-order valence-corrected chi connectivity index (χ2v) is 19.8. The zero-order valence-electron chi connectivity index (χ0n) is 44.8. The molecule has 0 aromatic carbocycles. The third-order valence-electron chi connectivity index (χ3n) is 12.4. The fourth-order valence-corrected chi connectivity index (χ4v) is 8.12. The number of unbranched alkanes of at least 4 members (excludes halogenated alkanes) is 24. The number of ether oxygens (including phenoxy) is 3. The third kappa shape index (κ3) is 47.8. The summed E-state index contributed by atoms with van der Waals surface area (Å²) in [4.78, 5) is 37.3. The molecule has 8 nitrogen and oxygen atoms in total.